The summed E-state index contributed by atoms with van der Waals surface area (Å²) in [6.07, 6.45) is 0. The lowest BCUT2D eigenvalue weighted by Gasteiger charge is -2.38. The fourth-order valence-corrected chi connectivity index (χ4v) is 3.16. The zero-order valence-electron chi connectivity index (χ0n) is 16.5. The number of benzene rings is 1. The molecule has 1 aliphatic rings. The fourth-order valence-electron chi connectivity index (χ4n) is 3.16. The first kappa shape index (κ1) is 21.4. The predicted molar refractivity (Wildman–Crippen MR) is 101 cm³/mol. The lowest BCUT2D eigenvalue weighted by molar-refractivity contribution is -0.141. The molecule has 0 saturated carbocycles. The molecule has 1 aliphatic heterocycles. The number of nitriles is 1. The maximum absolute atomic E-state index is 12.8. The van der Waals surface area contributed by atoms with Gasteiger partial charge in [0.25, 0.3) is 0 Å². The van der Waals surface area contributed by atoms with Crippen LogP contribution < -0.4 is 5.32 Å². The van der Waals surface area contributed by atoms with E-state index >= 15 is 0 Å². The Bertz CT molecular complexity index is 782. The Morgan fingerprint density at radius 2 is 1.93 bits per heavy atom. The second kappa shape index (κ2) is 9.88. The van der Waals surface area contributed by atoms with Crippen LogP contribution >= 0.6 is 0 Å². The van der Waals surface area contributed by atoms with Gasteiger partial charge in [0, 0.05) is 19.9 Å². The average Bonchev–Trinajstić information content (AvgIpc) is 2.68. The average molecular weight is 387 g/mol. The number of nitrogens with one attached hydrogen (secondary N) is 1. The van der Waals surface area contributed by atoms with E-state index < -0.39 is 12.0 Å². The van der Waals surface area contributed by atoms with Crippen molar-refractivity contribution in [3.63, 3.8) is 0 Å². The second-order valence-corrected chi connectivity index (χ2v) is 6.42. The first-order valence-corrected chi connectivity index (χ1v) is 8.90. The molecule has 0 spiro atoms. The Labute approximate surface area is 164 Å². The Morgan fingerprint density at radius 1 is 1.25 bits per heavy atom. The summed E-state index contributed by atoms with van der Waals surface area (Å²) in [4.78, 5) is 27.1. The van der Waals surface area contributed by atoms with E-state index in [4.69, 9.17) is 19.5 Å². The number of hydrogen-bond donors (Lipinski definition) is 1. The molecule has 2 atom stereocenters. The van der Waals surface area contributed by atoms with Gasteiger partial charge in [-0.15, -0.1) is 0 Å². The van der Waals surface area contributed by atoms with Gasteiger partial charge in [-0.05, 0) is 31.5 Å². The van der Waals surface area contributed by atoms with Crippen LogP contribution in [0.2, 0.25) is 0 Å². The highest BCUT2D eigenvalue weighted by atomic mass is 16.6. The Hall–Kier alpha value is -2.89. The minimum absolute atomic E-state index is 0.105. The van der Waals surface area contributed by atoms with Crippen molar-refractivity contribution >= 4 is 12.0 Å². The number of nitrogens with zero attached hydrogens (tertiary/aromatic N) is 2. The summed E-state index contributed by atoms with van der Waals surface area (Å²) in [5.74, 6) is -0.529. The highest BCUT2D eigenvalue weighted by Crippen LogP contribution is 2.32. The quantitative estimate of drug-likeness (QED) is 0.542. The molecule has 0 unspecified atom stereocenters. The summed E-state index contributed by atoms with van der Waals surface area (Å²) in [6, 6.07) is 7.49. The molecule has 2 amide bonds. The summed E-state index contributed by atoms with van der Waals surface area (Å²) < 4.78 is 15.4. The van der Waals surface area contributed by atoms with E-state index in [0.717, 1.165) is 0 Å². The molecular formula is C20H25N3O5. The number of carbonyl (C=O) groups is 2. The lowest BCUT2D eigenvalue weighted by Crippen LogP contribution is -2.52. The van der Waals surface area contributed by atoms with Crippen molar-refractivity contribution in [2.45, 2.75) is 25.9 Å². The number of carbonyl (C=O) groups excluding carboxylic acids is 2. The first-order valence-electron chi connectivity index (χ1n) is 8.90. The van der Waals surface area contributed by atoms with Crippen LogP contribution in [0, 0.1) is 11.3 Å². The van der Waals surface area contributed by atoms with Crippen LogP contribution in [-0.2, 0) is 19.0 Å². The molecule has 150 valence electrons. The van der Waals surface area contributed by atoms with E-state index in [1.165, 1.54) is 12.0 Å². The molecule has 0 bridgehead atoms. The van der Waals surface area contributed by atoms with Gasteiger partial charge in [0.1, 0.15) is 6.61 Å². The third kappa shape index (κ3) is 4.68. The standard InChI is InChI=1S/C20H25N3O5/c1-13(12-27-4)23-14(2)17(19(24)28-10-9-26-3)18(22-20(23)25)16-7-5-15(11-21)6-8-16/h5-8,13,18H,9-10,12H2,1-4H3,(H,22,25)/t13-,18-/m1/s1. The zero-order chi connectivity index (χ0) is 20.7. The van der Waals surface area contributed by atoms with Gasteiger partial charge in [0.05, 0.1) is 42.5 Å². The van der Waals surface area contributed by atoms with E-state index in [2.05, 4.69) is 11.4 Å². The van der Waals surface area contributed by atoms with Gasteiger partial charge in [0.2, 0.25) is 0 Å². The molecule has 0 fully saturated rings. The number of allylic oxidation sites excluding steroid dienone is 1. The topological polar surface area (TPSA) is 101 Å². The van der Waals surface area contributed by atoms with E-state index in [0.29, 0.717) is 29.0 Å². The summed E-state index contributed by atoms with van der Waals surface area (Å²) in [5, 5.41) is 11.9. The van der Waals surface area contributed by atoms with Crippen molar-refractivity contribution in [1.29, 1.82) is 5.26 Å². The Morgan fingerprint density at radius 3 is 2.50 bits per heavy atom. The van der Waals surface area contributed by atoms with E-state index in [9.17, 15) is 9.59 Å². The Kier molecular flexibility index (Phi) is 7.55. The summed E-state index contributed by atoms with van der Waals surface area (Å²) >= 11 is 0. The number of methoxy groups -OCH3 is 2. The zero-order valence-corrected chi connectivity index (χ0v) is 16.5. The normalized spacial score (nSPS) is 17.8. The van der Waals surface area contributed by atoms with Crippen LogP contribution in [0.4, 0.5) is 4.79 Å². The molecule has 0 radical (unpaired) electrons. The first-order chi connectivity index (χ1) is 13.4. The lowest BCUT2D eigenvalue weighted by atomic mass is 9.94. The minimum Gasteiger partial charge on any atom is -0.460 e. The van der Waals surface area contributed by atoms with Gasteiger partial charge in [0.15, 0.2) is 0 Å². The van der Waals surface area contributed by atoms with E-state index in [1.807, 2.05) is 6.92 Å². The molecule has 1 aromatic rings. The van der Waals surface area contributed by atoms with Gasteiger partial charge >= 0.3 is 12.0 Å². The Balaban J connectivity index is 2.45. The van der Waals surface area contributed by atoms with Gasteiger partial charge in [-0.25, -0.2) is 9.59 Å². The summed E-state index contributed by atoms with van der Waals surface area (Å²) in [6.45, 7) is 4.25. The third-order valence-electron chi connectivity index (χ3n) is 4.49. The molecule has 0 saturated heterocycles. The molecule has 1 aromatic carbocycles. The van der Waals surface area contributed by atoms with Gasteiger partial charge < -0.3 is 19.5 Å². The van der Waals surface area contributed by atoms with Crippen LogP contribution in [0.15, 0.2) is 35.5 Å². The number of urea groups is 1. The highest BCUT2D eigenvalue weighted by Gasteiger charge is 2.38. The van der Waals surface area contributed by atoms with E-state index in [1.54, 1.807) is 38.3 Å². The van der Waals surface area contributed by atoms with Gasteiger partial charge in [-0.3, -0.25) is 4.90 Å². The number of ether oxygens (including phenoxy) is 3. The molecule has 1 heterocycles. The molecule has 28 heavy (non-hydrogen) atoms. The summed E-state index contributed by atoms with van der Waals surface area (Å²) in [5.41, 5.74) is 2.02. The summed E-state index contributed by atoms with van der Waals surface area (Å²) in [7, 11) is 3.07. The maximum Gasteiger partial charge on any atom is 0.338 e. The van der Waals surface area contributed by atoms with Crippen molar-refractivity contribution in [2.24, 2.45) is 0 Å². The SMILES string of the molecule is COCCOC(=O)C1=C(C)N([C@H](C)COC)C(=O)N[C@@H]1c1ccc(C#N)cc1. The van der Waals surface area contributed by atoms with Crippen molar-refractivity contribution in [3.05, 3.63) is 46.7 Å². The van der Waals surface area contributed by atoms with E-state index in [-0.39, 0.29) is 25.3 Å². The van der Waals surface area contributed by atoms with Crippen LogP contribution in [0.1, 0.15) is 31.0 Å². The largest absolute Gasteiger partial charge is 0.460 e. The number of rotatable bonds is 8. The number of hydrogen-bond acceptors (Lipinski definition) is 6. The molecule has 8 nitrogen and oxygen atoms in total. The van der Waals surface area contributed by atoms with Crippen LogP contribution in [-0.4, -0.2) is 57.0 Å². The minimum atomic E-state index is -0.679. The predicted octanol–water partition coefficient (Wildman–Crippen LogP) is 2.12. The molecule has 2 rings (SSSR count). The second-order valence-electron chi connectivity index (χ2n) is 6.42. The van der Waals surface area contributed by atoms with Crippen molar-refractivity contribution in [1.82, 2.24) is 10.2 Å². The number of amides is 2. The third-order valence-corrected chi connectivity index (χ3v) is 4.49. The van der Waals surface area contributed by atoms with Crippen molar-refractivity contribution in [3.8, 4) is 6.07 Å². The highest BCUT2D eigenvalue weighted by molar-refractivity contribution is 5.95. The van der Waals surface area contributed by atoms with Crippen LogP contribution in [0.3, 0.4) is 0 Å². The van der Waals surface area contributed by atoms with Crippen molar-refractivity contribution < 1.29 is 23.8 Å². The smallest absolute Gasteiger partial charge is 0.338 e. The maximum atomic E-state index is 12.8. The van der Waals surface area contributed by atoms with Crippen molar-refractivity contribution in [2.75, 3.05) is 34.0 Å². The molecule has 0 aromatic heterocycles. The molecule has 0 aliphatic carbocycles. The fraction of sp³-hybridized carbons (Fsp3) is 0.450. The number of esters is 1. The van der Waals surface area contributed by atoms with Crippen LogP contribution in [0.25, 0.3) is 0 Å². The molecule has 1 N–H and O–H groups in total. The molecular weight excluding hydrogens is 362 g/mol. The van der Waals surface area contributed by atoms with Gasteiger partial charge in [-0.2, -0.15) is 5.26 Å². The molecule has 8 heteroatoms. The monoisotopic (exact) mass is 387 g/mol. The van der Waals surface area contributed by atoms with Crippen LogP contribution in [0.5, 0.6) is 0 Å². The van der Waals surface area contributed by atoms with Gasteiger partial charge in [-0.1, -0.05) is 12.1 Å².